The Morgan fingerprint density at radius 1 is 1.75 bits per heavy atom. The largest absolute Gasteiger partial charge is 0.340 e. The smallest absolute Gasteiger partial charge is 0.239 e. The van der Waals surface area contributed by atoms with Gasteiger partial charge in [0.25, 0.3) is 0 Å². The van der Waals surface area contributed by atoms with Gasteiger partial charge in [-0.2, -0.15) is 0 Å². The number of rotatable bonds is 1. The average molecular weight is 191 g/mol. The number of piperidine rings is 1. The summed E-state index contributed by atoms with van der Waals surface area (Å²) in [4.78, 5) is 13.1. The van der Waals surface area contributed by atoms with Crippen LogP contribution in [-0.4, -0.2) is 35.3 Å². The Balaban J connectivity index is 2.46. The SMILES string of the molecule is C[C@H](N)C(=O)N1CCC[C@H](Cl)C1. The number of nitrogens with two attached hydrogens (primary N) is 1. The van der Waals surface area contributed by atoms with E-state index >= 15 is 0 Å². The van der Waals surface area contributed by atoms with Crippen molar-refractivity contribution >= 4 is 17.5 Å². The first-order valence-corrected chi connectivity index (χ1v) is 4.73. The lowest BCUT2D eigenvalue weighted by Crippen LogP contribution is -2.47. The van der Waals surface area contributed by atoms with Gasteiger partial charge in [-0.25, -0.2) is 0 Å². The first-order valence-electron chi connectivity index (χ1n) is 4.29. The molecule has 0 aliphatic carbocycles. The predicted molar refractivity (Wildman–Crippen MR) is 49.1 cm³/mol. The Morgan fingerprint density at radius 3 is 2.92 bits per heavy atom. The fraction of sp³-hybridized carbons (Fsp3) is 0.875. The van der Waals surface area contributed by atoms with Crippen molar-refractivity contribution in [2.24, 2.45) is 5.73 Å². The summed E-state index contributed by atoms with van der Waals surface area (Å²) >= 11 is 5.93. The Bertz CT molecular complexity index is 172. The molecule has 1 saturated heterocycles. The first kappa shape index (κ1) is 9.81. The zero-order chi connectivity index (χ0) is 9.14. The van der Waals surface area contributed by atoms with Crippen LogP contribution in [0, 0.1) is 0 Å². The summed E-state index contributed by atoms with van der Waals surface area (Å²) in [5.74, 6) is 0.0142. The summed E-state index contributed by atoms with van der Waals surface area (Å²) in [5.41, 5.74) is 5.48. The van der Waals surface area contributed by atoms with Crippen LogP contribution in [0.25, 0.3) is 0 Å². The van der Waals surface area contributed by atoms with Gasteiger partial charge in [-0.1, -0.05) is 0 Å². The molecule has 0 aromatic heterocycles. The van der Waals surface area contributed by atoms with E-state index in [0.29, 0.717) is 6.54 Å². The highest BCUT2D eigenvalue weighted by Gasteiger charge is 2.23. The van der Waals surface area contributed by atoms with Crippen molar-refractivity contribution in [1.82, 2.24) is 4.90 Å². The number of hydrogen-bond acceptors (Lipinski definition) is 2. The van der Waals surface area contributed by atoms with Gasteiger partial charge in [-0.3, -0.25) is 4.79 Å². The topological polar surface area (TPSA) is 46.3 Å². The van der Waals surface area contributed by atoms with E-state index in [-0.39, 0.29) is 11.3 Å². The molecular weight excluding hydrogens is 176 g/mol. The molecule has 0 saturated carbocycles. The molecule has 4 heteroatoms. The summed E-state index contributed by atoms with van der Waals surface area (Å²) in [6, 6.07) is -0.396. The highest BCUT2D eigenvalue weighted by atomic mass is 35.5. The molecule has 1 amide bonds. The third-order valence-electron chi connectivity index (χ3n) is 2.07. The Labute approximate surface area is 77.9 Å². The molecule has 0 unspecified atom stereocenters. The zero-order valence-electron chi connectivity index (χ0n) is 7.29. The molecule has 2 atom stereocenters. The van der Waals surface area contributed by atoms with Crippen LogP contribution in [0.4, 0.5) is 0 Å². The van der Waals surface area contributed by atoms with Crippen molar-refractivity contribution in [3.05, 3.63) is 0 Å². The van der Waals surface area contributed by atoms with E-state index in [1.807, 2.05) is 0 Å². The highest BCUT2D eigenvalue weighted by Crippen LogP contribution is 2.15. The second-order valence-electron chi connectivity index (χ2n) is 3.31. The van der Waals surface area contributed by atoms with Crippen molar-refractivity contribution in [2.75, 3.05) is 13.1 Å². The molecule has 1 heterocycles. The lowest BCUT2D eigenvalue weighted by molar-refractivity contribution is -0.132. The second kappa shape index (κ2) is 4.10. The van der Waals surface area contributed by atoms with Crippen LogP contribution in [0.15, 0.2) is 0 Å². The molecule has 12 heavy (non-hydrogen) atoms. The maximum absolute atomic E-state index is 11.4. The van der Waals surface area contributed by atoms with Crippen LogP contribution >= 0.6 is 11.6 Å². The zero-order valence-corrected chi connectivity index (χ0v) is 8.05. The third kappa shape index (κ3) is 2.35. The van der Waals surface area contributed by atoms with E-state index < -0.39 is 6.04 Å². The van der Waals surface area contributed by atoms with Gasteiger partial charge in [0.2, 0.25) is 5.91 Å². The maximum Gasteiger partial charge on any atom is 0.239 e. The van der Waals surface area contributed by atoms with Crippen molar-refractivity contribution in [3.8, 4) is 0 Å². The predicted octanol–water partition coefficient (Wildman–Crippen LogP) is 0.563. The minimum Gasteiger partial charge on any atom is -0.340 e. The van der Waals surface area contributed by atoms with Crippen LogP contribution in [0.2, 0.25) is 0 Å². The number of carbonyl (C=O) groups excluding carboxylic acids is 1. The third-order valence-corrected chi connectivity index (χ3v) is 2.42. The van der Waals surface area contributed by atoms with Gasteiger partial charge in [0.05, 0.1) is 11.4 Å². The maximum atomic E-state index is 11.4. The Morgan fingerprint density at radius 2 is 2.42 bits per heavy atom. The Kier molecular flexibility index (Phi) is 3.35. The first-order chi connectivity index (χ1) is 5.61. The second-order valence-corrected chi connectivity index (χ2v) is 3.93. The highest BCUT2D eigenvalue weighted by molar-refractivity contribution is 6.20. The lowest BCUT2D eigenvalue weighted by atomic mass is 10.1. The number of halogens is 1. The van der Waals surface area contributed by atoms with Crippen LogP contribution in [0.1, 0.15) is 19.8 Å². The van der Waals surface area contributed by atoms with Crippen molar-refractivity contribution in [3.63, 3.8) is 0 Å². The van der Waals surface area contributed by atoms with Crippen LogP contribution in [0.5, 0.6) is 0 Å². The van der Waals surface area contributed by atoms with Gasteiger partial charge in [0, 0.05) is 13.1 Å². The monoisotopic (exact) mass is 190 g/mol. The summed E-state index contributed by atoms with van der Waals surface area (Å²) < 4.78 is 0. The van der Waals surface area contributed by atoms with Crippen LogP contribution in [0.3, 0.4) is 0 Å². The molecule has 1 aliphatic rings. The molecule has 0 aromatic rings. The van der Waals surface area contributed by atoms with Gasteiger partial charge in [-0.15, -0.1) is 11.6 Å². The van der Waals surface area contributed by atoms with Gasteiger partial charge in [-0.05, 0) is 19.8 Å². The molecule has 0 bridgehead atoms. The standard InChI is InChI=1S/C8H15ClN2O/c1-6(10)8(12)11-4-2-3-7(9)5-11/h6-7H,2-5,10H2,1H3/t6-,7-/m0/s1. The van der Waals surface area contributed by atoms with Gasteiger partial charge < -0.3 is 10.6 Å². The minimum atomic E-state index is -0.396. The van der Waals surface area contributed by atoms with Crippen LogP contribution in [-0.2, 0) is 4.79 Å². The summed E-state index contributed by atoms with van der Waals surface area (Å²) in [7, 11) is 0. The van der Waals surface area contributed by atoms with E-state index in [9.17, 15) is 4.79 Å². The van der Waals surface area contributed by atoms with Crippen molar-refractivity contribution in [1.29, 1.82) is 0 Å². The lowest BCUT2D eigenvalue weighted by Gasteiger charge is -2.30. The molecule has 0 radical (unpaired) electrons. The summed E-state index contributed by atoms with van der Waals surface area (Å²) in [6.45, 7) is 3.17. The average Bonchev–Trinajstić information content (AvgIpc) is 2.03. The molecule has 1 rings (SSSR count). The number of likely N-dealkylation sites (tertiary alicyclic amines) is 1. The van der Waals surface area contributed by atoms with E-state index in [1.165, 1.54) is 0 Å². The van der Waals surface area contributed by atoms with Crippen molar-refractivity contribution < 1.29 is 4.79 Å². The normalized spacial score (nSPS) is 26.9. The fourth-order valence-electron chi connectivity index (χ4n) is 1.41. The van der Waals surface area contributed by atoms with Gasteiger partial charge in [0.1, 0.15) is 0 Å². The molecule has 1 fully saturated rings. The molecule has 70 valence electrons. The number of nitrogens with zero attached hydrogens (tertiary/aromatic N) is 1. The van der Waals surface area contributed by atoms with Gasteiger partial charge in [0.15, 0.2) is 0 Å². The fourth-order valence-corrected chi connectivity index (χ4v) is 1.73. The number of amides is 1. The number of alkyl halides is 1. The minimum absolute atomic E-state index is 0.0142. The van der Waals surface area contributed by atoms with Crippen molar-refractivity contribution in [2.45, 2.75) is 31.2 Å². The number of hydrogen-bond donors (Lipinski definition) is 1. The quantitative estimate of drug-likeness (QED) is 0.615. The molecule has 0 spiro atoms. The molecule has 0 aromatic carbocycles. The molecule has 1 aliphatic heterocycles. The van der Waals surface area contributed by atoms with Gasteiger partial charge >= 0.3 is 0 Å². The van der Waals surface area contributed by atoms with E-state index in [1.54, 1.807) is 11.8 Å². The summed E-state index contributed by atoms with van der Waals surface area (Å²) in [5, 5.41) is 0.112. The van der Waals surface area contributed by atoms with E-state index in [4.69, 9.17) is 17.3 Å². The molecule has 2 N–H and O–H groups in total. The molecule has 3 nitrogen and oxygen atoms in total. The summed E-state index contributed by atoms with van der Waals surface area (Å²) in [6.07, 6.45) is 2.00. The van der Waals surface area contributed by atoms with Crippen LogP contribution < -0.4 is 5.73 Å². The van der Waals surface area contributed by atoms with E-state index in [2.05, 4.69) is 0 Å². The van der Waals surface area contributed by atoms with E-state index in [0.717, 1.165) is 19.4 Å². The number of carbonyl (C=O) groups is 1. The Hall–Kier alpha value is -0.280. The molecular formula is C8H15ClN2O.